The number of hydrogen-bond donors (Lipinski definition) is 2. The van der Waals surface area contributed by atoms with Crippen LogP contribution in [0.5, 0.6) is 0 Å². The number of primary amides is 1. The molecule has 1 heterocycles. The zero-order valence-corrected chi connectivity index (χ0v) is 9.45. The first-order chi connectivity index (χ1) is 7.54. The lowest BCUT2D eigenvalue weighted by molar-refractivity contribution is -0.118. The Morgan fingerprint density at radius 3 is 3.06 bits per heavy atom. The van der Waals surface area contributed by atoms with Gasteiger partial charge in [0.25, 0.3) is 0 Å². The fraction of sp³-hybridized carbons (Fsp3) is 0.300. The monoisotopic (exact) mass is 238 g/mol. The summed E-state index contributed by atoms with van der Waals surface area (Å²) in [7, 11) is 0. The number of nitrogens with two attached hydrogens (primary N) is 1. The van der Waals surface area contributed by atoms with Crippen molar-refractivity contribution in [2.75, 3.05) is 5.32 Å². The number of rotatable bonds is 4. The molecule has 0 spiro atoms. The number of nitrogens with zero attached hydrogens (tertiary/aromatic N) is 2. The molecule has 3 N–H and O–H groups in total. The number of aromatic nitrogens is 1. The third kappa shape index (κ3) is 3.11. The predicted octanol–water partition coefficient (Wildman–Crippen LogP) is 1.28. The molecule has 1 aromatic heterocycles. The molecule has 0 fully saturated rings. The maximum atomic E-state index is 10.7. The normalized spacial score (nSPS) is 11.6. The molecule has 6 heteroatoms. The Morgan fingerprint density at radius 1 is 1.81 bits per heavy atom. The highest BCUT2D eigenvalue weighted by atomic mass is 35.5. The Kier molecular flexibility index (Phi) is 4.09. The molecule has 0 aliphatic rings. The van der Waals surface area contributed by atoms with Crippen molar-refractivity contribution in [2.45, 2.75) is 19.4 Å². The molecule has 1 rings (SSSR count). The molecule has 0 aliphatic heterocycles. The molecule has 5 nitrogen and oxygen atoms in total. The van der Waals surface area contributed by atoms with Gasteiger partial charge in [0.15, 0.2) is 0 Å². The standard InChI is InChI=1S/C10H11ClN4O/c1-6(4-8(13)16)15-10-9(11)7(5-12)2-3-14-10/h2-3,6H,4H2,1H3,(H2,13,16)(H,14,15). The number of nitrogens with one attached hydrogen (secondary N) is 1. The summed E-state index contributed by atoms with van der Waals surface area (Å²) < 4.78 is 0. The van der Waals surface area contributed by atoms with Gasteiger partial charge in [-0.1, -0.05) is 11.6 Å². The van der Waals surface area contributed by atoms with E-state index in [-0.39, 0.29) is 17.5 Å². The quantitative estimate of drug-likeness (QED) is 0.827. The van der Waals surface area contributed by atoms with E-state index in [1.165, 1.54) is 12.3 Å². The summed E-state index contributed by atoms with van der Waals surface area (Å²) in [6, 6.07) is 3.28. The van der Waals surface area contributed by atoms with Crippen molar-refractivity contribution in [1.82, 2.24) is 4.98 Å². The van der Waals surface area contributed by atoms with Gasteiger partial charge < -0.3 is 11.1 Å². The van der Waals surface area contributed by atoms with Crippen LogP contribution in [0.4, 0.5) is 5.82 Å². The van der Waals surface area contributed by atoms with E-state index in [9.17, 15) is 4.79 Å². The summed E-state index contributed by atoms with van der Waals surface area (Å²) in [5, 5.41) is 11.9. The van der Waals surface area contributed by atoms with Gasteiger partial charge in [0, 0.05) is 18.7 Å². The second kappa shape index (κ2) is 5.33. The minimum Gasteiger partial charge on any atom is -0.370 e. The summed E-state index contributed by atoms with van der Waals surface area (Å²) in [4.78, 5) is 14.7. The van der Waals surface area contributed by atoms with Gasteiger partial charge >= 0.3 is 0 Å². The molecule has 0 radical (unpaired) electrons. The lowest BCUT2D eigenvalue weighted by Crippen LogP contribution is -2.24. The van der Waals surface area contributed by atoms with Gasteiger partial charge in [-0.05, 0) is 13.0 Å². The lowest BCUT2D eigenvalue weighted by Gasteiger charge is -2.13. The van der Waals surface area contributed by atoms with Crippen LogP contribution >= 0.6 is 11.6 Å². The molecule has 0 bridgehead atoms. The zero-order valence-electron chi connectivity index (χ0n) is 8.70. The Morgan fingerprint density at radius 2 is 2.50 bits per heavy atom. The minimum atomic E-state index is -0.410. The SMILES string of the molecule is CC(CC(N)=O)Nc1nccc(C#N)c1Cl. The molecule has 1 unspecified atom stereocenters. The van der Waals surface area contributed by atoms with Crippen molar-refractivity contribution in [3.8, 4) is 6.07 Å². The highest BCUT2D eigenvalue weighted by molar-refractivity contribution is 6.34. The van der Waals surface area contributed by atoms with Crippen LogP contribution in [-0.2, 0) is 4.79 Å². The van der Waals surface area contributed by atoms with Gasteiger partial charge in [-0.3, -0.25) is 4.79 Å². The molecule has 84 valence electrons. The first-order valence-electron chi connectivity index (χ1n) is 4.64. The fourth-order valence-corrected chi connectivity index (χ4v) is 1.43. The fourth-order valence-electron chi connectivity index (χ4n) is 1.22. The lowest BCUT2D eigenvalue weighted by atomic mass is 10.2. The summed E-state index contributed by atoms with van der Waals surface area (Å²) >= 11 is 5.93. The van der Waals surface area contributed by atoms with Crippen molar-refractivity contribution in [2.24, 2.45) is 5.73 Å². The smallest absolute Gasteiger partial charge is 0.219 e. The Hall–Kier alpha value is -1.80. The maximum Gasteiger partial charge on any atom is 0.219 e. The second-order valence-electron chi connectivity index (χ2n) is 3.35. The van der Waals surface area contributed by atoms with E-state index in [0.717, 1.165) is 0 Å². The zero-order chi connectivity index (χ0) is 12.1. The number of amides is 1. The van der Waals surface area contributed by atoms with Gasteiger partial charge in [0.2, 0.25) is 5.91 Å². The summed E-state index contributed by atoms with van der Waals surface area (Å²) in [5.74, 6) is -0.0259. The summed E-state index contributed by atoms with van der Waals surface area (Å²) in [5.41, 5.74) is 5.39. The van der Waals surface area contributed by atoms with Crippen molar-refractivity contribution in [3.05, 3.63) is 22.8 Å². The molecule has 0 aromatic carbocycles. The first kappa shape index (κ1) is 12.3. The number of hydrogen-bond acceptors (Lipinski definition) is 4. The van der Waals surface area contributed by atoms with E-state index >= 15 is 0 Å². The van der Waals surface area contributed by atoms with Crippen LogP contribution < -0.4 is 11.1 Å². The van der Waals surface area contributed by atoms with Crippen LogP contribution in [0.25, 0.3) is 0 Å². The summed E-state index contributed by atoms with van der Waals surface area (Å²) in [6.45, 7) is 1.78. The number of anilines is 1. The van der Waals surface area contributed by atoms with Crippen LogP contribution in [-0.4, -0.2) is 16.9 Å². The molecular weight excluding hydrogens is 228 g/mol. The van der Waals surface area contributed by atoms with Crippen LogP contribution in [0, 0.1) is 11.3 Å². The Bertz CT molecular complexity index is 441. The number of carbonyl (C=O) groups excluding carboxylic acids is 1. The van der Waals surface area contributed by atoms with Crippen LogP contribution in [0.2, 0.25) is 5.02 Å². The van der Waals surface area contributed by atoms with Crippen LogP contribution in [0.15, 0.2) is 12.3 Å². The molecule has 0 aliphatic carbocycles. The van der Waals surface area contributed by atoms with Gasteiger partial charge in [-0.15, -0.1) is 0 Å². The average molecular weight is 239 g/mol. The van der Waals surface area contributed by atoms with Gasteiger partial charge in [0.05, 0.1) is 5.56 Å². The maximum absolute atomic E-state index is 10.7. The molecule has 0 saturated heterocycles. The number of pyridine rings is 1. The number of halogens is 1. The third-order valence-corrected chi connectivity index (χ3v) is 2.28. The molecule has 0 saturated carbocycles. The van der Waals surface area contributed by atoms with Crippen molar-refractivity contribution >= 4 is 23.3 Å². The van der Waals surface area contributed by atoms with Gasteiger partial charge in [-0.2, -0.15) is 5.26 Å². The topological polar surface area (TPSA) is 91.8 Å². The molecule has 1 amide bonds. The van der Waals surface area contributed by atoms with E-state index in [2.05, 4.69) is 10.3 Å². The van der Waals surface area contributed by atoms with Gasteiger partial charge in [0.1, 0.15) is 16.9 Å². The highest BCUT2D eigenvalue weighted by Crippen LogP contribution is 2.23. The first-order valence-corrected chi connectivity index (χ1v) is 5.01. The third-order valence-electron chi connectivity index (χ3n) is 1.90. The summed E-state index contributed by atoms with van der Waals surface area (Å²) in [6.07, 6.45) is 1.65. The van der Waals surface area contributed by atoms with Crippen LogP contribution in [0.3, 0.4) is 0 Å². The van der Waals surface area contributed by atoms with E-state index in [0.29, 0.717) is 11.4 Å². The van der Waals surface area contributed by atoms with Gasteiger partial charge in [-0.25, -0.2) is 4.98 Å². The Balaban J connectivity index is 2.82. The molecule has 1 atom stereocenters. The van der Waals surface area contributed by atoms with E-state index in [1.807, 2.05) is 6.07 Å². The van der Waals surface area contributed by atoms with Crippen LogP contribution in [0.1, 0.15) is 18.9 Å². The second-order valence-corrected chi connectivity index (χ2v) is 3.73. The number of nitriles is 1. The molecule has 16 heavy (non-hydrogen) atoms. The van der Waals surface area contributed by atoms with Crippen molar-refractivity contribution < 1.29 is 4.79 Å². The number of carbonyl (C=O) groups is 1. The molecular formula is C10H11ClN4O. The van der Waals surface area contributed by atoms with E-state index < -0.39 is 5.91 Å². The minimum absolute atomic E-state index is 0.175. The Labute approximate surface area is 98.2 Å². The van der Waals surface area contributed by atoms with E-state index in [1.54, 1.807) is 6.92 Å². The highest BCUT2D eigenvalue weighted by Gasteiger charge is 2.11. The largest absolute Gasteiger partial charge is 0.370 e. The van der Waals surface area contributed by atoms with Crippen molar-refractivity contribution in [3.63, 3.8) is 0 Å². The molecule has 1 aromatic rings. The van der Waals surface area contributed by atoms with Crippen molar-refractivity contribution in [1.29, 1.82) is 5.26 Å². The predicted molar refractivity (Wildman–Crippen MR) is 60.9 cm³/mol. The average Bonchev–Trinajstić information content (AvgIpc) is 2.20. The van der Waals surface area contributed by atoms with E-state index in [4.69, 9.17) is 22.6 Å².